The Morgan fingerprint density at radius 1 is 1.57 bits per heavy atom. The molecule has 1 aromatic carbocycles. The maximum absolute atomic E-state index is 12.3. The quantitative estimate of drug-likeness (QED) is 0.876. The Hall–Kier alpha value is -2.10. The SMILES string of the molecule is CC(C)C1C(=O)NCCN1CC(=O)Nc1cc(Cl)ccc1C#N. The summed E-state index contributed by atoms with van der Waals surface area (Å²) < 4.78 is 0. The van der Waals surface area contributed by atoms with Gasteiger partial charge in [0.15, 0.2) is 0 Å². The monoisotopic (exact) mass is 334 g/mol. The fourth-order valence-corrected chi connectivity index (χ4v) is 2.90. The van der Waals surface area contributed by atoms with Crippen LogP contribution in [0.5, 0.6) is 0 Å². The second-order valence-corrected chi connectivity index (χ2v) is 6.24. The van der Waals surface area contributed by atoms with Crippen molar-refractivity contribution in [3.63, 3.8) is 0 Å². The van der Waals surface area contributed by atoms with Gasteiger partial charge in [-0.25, -0.2) is 0 Å². The minimum atomic E-state index is -0.329. The van der Waals surface area contributed by atoms with Crippen LogP contribution < -0.4 is 10.6 Å². The lowest BCUT2D eigenvalue weighted by Crippen LogP contribution is -2.58. The van der Waals surface area contributed by atoms with Gasteiger partial charge in [0.2, 0.25) is 11.8 Å². The predicted octanol–water partition coefficient (Wildman–Crippen LogP) is 1.61. The zero-order valence-corrected chi connectivity index (χ0v) is 13.9. The van der Waals surface area contributed by atoms with E-state index >= 15 is 0 Å². The molecule has 0 radical (unpaired) electrons. The lowest BCUT2D eigenvalue weighted by molar-refractivity contribution is -0.132. The lowest BCUT2D eigenvalue weighted by atomic mass is 9.99. The van der Waals surface area contributed by atoms with E-state index in [9.17, 15) is 9.59 Å². The van der Waals surface area contributed by atoms with Crippen LogP contribution in [0.1, 0.15) is 19.4 Å². The molecule has 1 aliphatic heterocycles. The van der Waals surface area contributed by atoms with Crippen molar-refractivity contribution in [1.29, 1.82) is 5.26 Å². The summed E-state index contributed by atoms with van der Waals surface area (Å²) in [7, 11) is 0. The first-order valence-electron chi connectivity index (χ1n) is 7.43. The number of benzene rings is 1. The minimum absolute atomic E-state index is 0.0560. The van der Waals surface area contributed by atoms with Gasteiger partial charge in [0.05, 0.1) is 23.8 Å². The highest BCUT2D eigenvalue weighted by Gasteiger charge is 2.33. The van der Waals surface area contributed by atoms with Crippen LogP contribution in [-0.2, 0) is 9.59 Å². The summed E-state index contributed by atoms with van der Waals surface area (Å²) in [6.45, 7) is 5.13. The van der Waals surface area contributed by atoms with Crippen LogP contribution in [0.3, 0.4) is 0 Å². The number of carbonyl (C=O) groups is 2. The molecule has 1 aromatic rings. The summed E-state index contributed by atoms with van der Waals surface area (Å²) in [5, 5.41) is 15.1. The molecule has 0 aliphatic carbocycles. The number of carbonyl (C=O) groups excluding carboxylic acids is 2. The van der Waals surface area contributed by atoms with Crippen LogP contribution in [0, 0.1) is 17.2 Å². The normalized spacial score (nSPS) is 18.4. The number of amides is 2. The van der Waals surface area contributed by atoms with E-state index in [0.717, 1.165) is 0 Å². The van der Waals surface area contributed by atoms with Crippen molar-refractivity contribution < 1.29 is 9.59 Å². The number of piperazine rings is 1. The van der Waals surface area contributed by atoms with Crippen molar-refractivity contribution >= 4 is 29.1 Å². The maximum Gasteiger partial charge on any atom is 0.238 e. The largest absolute Gasteiger partial charge is 0.353 e. The van der Waals surface area contributed by atoms with Gasteiger partial charge in [-0.2, -0.15) is 5.26 Å². The topological polar surface area (TPSA) is 85.2 Å². The molecule has 0 bridgehead atoms. The van der Waals surface area contributed by atoms with Crippen LogP contribution >= 0.6 is 11.6 Å². The van der Waals surface area contributed by atoms with Crippen molar-refractivity contribution in [3.8, 4) is 6.07 Å². The van der Waals surface area contributed by atoms with Gasteiger partial charge < -0.3 is 10.6 Å². The Kier molecular flexibility index (Phi) is 5.59. The van der Waals surface area contributed by atoms with E-state index in [2.05, 4.69) is 10.6 Å². The summed E-state index contributed by atoms with van der Waals surface area (Å²) in [5.41, 5.74) is 0.729. The maximum atomic E-state index is 12.3. The van der Waals surface area contributed by atoms with Crippen molar-refractivity contribution in [1.82, 2.24) is 10.2 Å². The molecule has 1 saturated heterocycles. The highest BCUT2D eigenvalue weighted by molar-refractivity contribution is 6.31. The molecular weight excluding hydrogens is 316 g/mol. The molecule has 0 saturated carbocycles. The Morgan fingerprint density at radius 3 is 2.96 bits per heavy atom. The van der Waals surface area contributed by atoms with Crippen LogP contribution in [-0.4, -0.2) is 42.4 Å². The minimum Gasteiger partial charge on any atom is -0.353 e. The summed E-state index contributed by atoms with van der Waals surface area (Å²) >= 11 is 5.91. The van der Waals surface area contributed by atoms with E-state index < -0.39 is 0 Å². The van der Waals surface area contributed by atoms with E-state index in [1.807, 2.05) is 24.8 Å². The molecule has 7 heteroatoms. The first-order valence-corrected chi connectivity index (χ1v) is 7.81. The van der Waals surface area contributed by atoms with Gasteiger partial charge in [-0.05, 0) is 24.1 Å². The summed E-state index contributed by atoms with van der Waals surface area (Å²) in [6.07, 6.45) is 0. The molecule has 2 amide bonds. The molecule has 0 aromatic heterocycles. The smallest absolute Gasteiger partial charge is 0.238 e. The zero-order chi connectivity index (χ0) is 17.0. The molecular formula is C16H19ClN4O2. The van der Waals surface area contributed by atoms with Crippen molar-refractivity contribution in [2.24, 2.45) is 5.92 Å². The molecule has 1 aliphatic rings. The van der Waals surface area contributed by atoms with Gasteiger partial charge in [0.1, 0.15) is 6.07 Å². The fraction of sp³-hybridized carbons (Fsp3) is 0.438. The Balaban J connectivity index is 2.08. The van der Waals surface area contributed by atoms with Gasteiger partial charge in [-0.15, -0.1) is 0 Å². The molecule has 1 unspecified atom stereocenters. The third-order valence-electron chi connectivity index (χ3n) is 3.71. The van der Waals surface area contributed by atoms with Gasteiger partial charge in [-0.3, -0.25) is 14.5 Å². The van der Waals surface area contributed by atoms with Crippen molar-refractivity contribution in [3.05, 3.63) is 28.8 Å². The number of anilines is 1. The van der Waals surface area contributed by atoms with E-state index in [-0.39, 0.29) is 30.3 Å². The molecule has 6 nitrogen and oxygen atoms in total. The first kappa shape index (κ1) is 17.3. The van der Waals surface area contributed by atoms with E-state index in [1.54, 1.807) is 18.2 Å². The van der Waals surface area contributed by atoms with Crippen molar-refractivity contribution in [2.75, 3.05) is 25.0 Å². The lowest BCUT2D eigenvalue weighted by Gasteiger charge is -2.36. The molecule has 1 fully saturated rings. The van der Waals surface area contributed by atoms with Gasteiger partial charge in [0.25, 0.3) is 0 Å². The molecule has 1 atom stereocenters. The number of halogens is 1. The second-order valence-electron chi connectivity index (χ2n) is 5.80. The number of hydrogen-bond acceptors (Lipinski definition) is 4. The highest BCUT2D eigenvalue weighted by atomic mass is 35.5. The molecule has 2 rings (SSSR count). The summed E-state index contributed by atoms with van der Waals surface area (Å²) in [5.74, 6) is -0.229. The van der Waals surface area contributed by atoms with Crippen LogP contribution in [0.15, 0.2) is 18.2 Å². The summed E-state index contributed by atoms with van der Waals surface area (Å²) in [4.78, 5) is 26.1. The number of nitrogens with one attached hydrogen (secondary N) is 2. The number of nitriles is 1. The number of hydrogen-bond donors (Lipinski definition) is 2. The molecule has 122 valence electrons. The molecule has 0 spiro atoms. The standard InChI is InChI=1S/C16H19ClN4O2/c1-10(2)15-16(23)19-5-6-21(15)9-14(22)20-13-7-12(17)4-3-11(13)8-18/h3-4,7,10,15H,5-6,9H2,1-2H3,(H,19,23)(H,20,22). The average molecular weight is 335 g/mol. The highest BCUT2D eigenvalue weighted by Crippen LogP contribution is 2.21. The van der Waals surface area contributed by atoms with Crippen LogP contribution in [0.2, 0.25) is 5.02 Å². The zero-order valence-electron chi connectivity index (χ0n) is 13.1. The first-order chi connectivity index (χ1) is 10.9. The molecule has 23 heavy (non-hydrogen) atoms. The van der Waals surface area contributed by atoms with E-state index in [0.29, 0.717) is 29.4 Å². The number of nitrogens with zero attached hydrogens (tertiary/aromatic N) is 2. The second kappa shape index (κ2) is 7.44. The van der Waals surface area contributed by atoms with Crippen LogP contribution in [0.25, 0.3) is 0 Å². The Morgan fingerprint density at radius 2 is 2.30 bits per heavy atom. The predicted molar refractivity (Wildman–Crippen MR) is 88.0 cm³/mol. The van der Waals surface area contributed by atoms with Gasteiger partial charge >= 0.3 is 0 Å². The molecule has 2 N–H and O–H groups in total. The third kappa shape index (κ3) is 4.21. The molecule has 1 heterocycles. The number of rotatable bonds is 4. The third-order valence-corrected chi connectivity index (χ3v) is 3.95. The van der Waals surface area contributed by atoms with Gasteiger partial charge in [0, 0.05) is 18.1 Å². The Bertz CT molecular complexity index is 654. The fourth-order valence-electron chi connectivity index (χ4n) is 2.73. The van der Waals surface area contributed by atoms with E-state index in [4.69, 9.17) is 16.9 Å². The van der Waals surface area contributed by atoms with Gasteiger partial charge in [-0.1, -0.05) is 25.4 Å². The van der Waals surface area contributed by atoms with Crippen LogP contribution in [0.4, 0.5) is 5.69 Å². The van der Waals surface area contributed by atoms with Crippen molar-refractivity contribution in [2.45, 2.75) is 19.9 Å². The Labute approximate surface area is 140 Å². The summed E-state index contributed by atoms with van der Waals surface area (Å²) in [6, 6.07) is 6.38. The average Bonchev–Trinajstić information content (AvgIpc) is 2.47. The van der Waals surface area contributed by atoms with E-state index in [1.165, 1.54) is 0 Å².